The molecule has 0 fully saturated rings. The second-order valence-corrected chi connectivity index (χ2v) is 6.76. The van der Waals surface area contributed by atoms with Crippen molar-refractivity contribution >= 4 is 35.6 Å². The number of aliphatic carboxylic acids is 2. The average molecular weight is 431 g/mol. The number of amides is 4. The lowest BCUT2D eigenvalue weighted by atomic mass is 9.98. The molecular weight excluding hydrogens is 402 g/mol. The number of carboxylic acids is 2. The van der Waals surface area contributed by atoms with Gasteiger partial charge < -0.3 is 37.6 Å². The van der Waals surface area contributed by atoms with Crippen molar-refractivity contribution in [3.8, 4) is 0 Å². The SMILES string of the molecule is CCC(C)C(NC(=O)C(CCC(N)=O)NC(=O)CNC(=O)C(N)CC(=O)O)C(=O)O. The molecule has 0 spiro atoms. The summed E-state index contributed by atoms with van der Waals surface area (Å²) in [4.78, 5) is 69.2. The fourth-order valence-electron chi connectivity index (χ4n) is 2.32. The normalized spacial score (nSPS) is 14.5. The molecule has 0 saturated heterocycles. The maximum atomic E-state index is 12.5. The molecule has 4 atom stereocenters. The summed E-state index contributed by atoms with van der Waals surface area (Å²) in [6.45, 7) is 2.77. The molecule has 0 radical (unpaired) electrons. The van der Waals surface area contributed by atoms with Gasteiger partial charge in [0.1, 0.15) is 12.1 Å². The highest BCUT2D eigenvalue weighted by atomic mass is 16.4. The Morgan fingerprint density at radius 1 is 1.00 bits per heavy atom. The number of carbonyl (C=O) groups excluding carboxylic acids is 4. The Morgan fingerprint density at radius 2 is 1.60 bits per heavy atom. The molecule has 9 N–H and O–H groups in total. The van der Waals surface area contributed by atoms with Crippen LogP contribution < -0.4 is 27.4 Å². The molecule has 4 amide bonds. The highest BCUT2D eigenvalue weighted by Crippen LogP contribution is 2.09. The molecule has 0 bridgehead atoms. The van der Waals surface area contributed by atoms with Crippen LogP contribution in [-0.4, -0.2) is 70.5 Å². The van der Waals surface area contributed by atoms with Crippen LogP contribution in [-0.2, 0) is 28.8 Å². The fraction of sp³-hybridized carbons (Fsp3) is 0.647. The van der Waals surface area contributed by atoms with E-state index in [0.717, 1.165) is 0 Å². The van der Waals surface area contributed by atoms with E-state index in [0.29, 0.717) is 6.42 Å². The largest absolute Gasteiger partial charge is 0.481 e. The van der Waals surface area contributed by atoms with Gasteiger partial charge in [-0.05, 0) is 12.3 Å². The van der Waals surface area contributed by atoms with Gasteiger partial charge in [-0.2, -0.15) is 0 Å². The van der Waals surface area contributed by atoms with Gasteiger partial charge in [-0.1, -0.05) is 20.3 Å². The maximum absolute atomic E-state index is 12.5. The highest BCUT2D eigenvalue weighted by molar-refractivity contribution is 5.93. The van der Waals surface area contributed by atoms with E-state index in [2.05, 4.69) is 16.0 Å². The minimum Gasteiger partial charge on any atom is -0.481 e. The molecule has 0 rings (SSSR count). The highest BCUT2D eigenvalue weighted by Gasteiger charge is 2.30. The van der Waals surface area contributed by atoms with Gasteiger partial charge >= 0.3 is 11.9 Å². The van der Waals surface area contributed by atoms with Gasteiger partial charge in [0.25, 0.3) is 0 Å². The number of carbonyl (C=O) groups is 6. The summed E-state index contributed by atoms with van der Waals surface area (Å²) < 4.78 is 0. The third-order valence-corrected chi connectivity index (χ3v) is 4.26. The van der Waals surface area contributed by atoms with E-state index in [1.807, 2.05) is 0 Å². The van der Waals surface area contributed by atoms with Crippen LogP contribution in [0.25, 0.3) is 0 Å². The van der Waals surface area contributed by atoms with Gasteiger partial charge in [0, 0.05) is 6.42 Å². The van der Waals surface area contributed by atoms with E-state index in [1.54, 1.807) is 13.8 Å². The van der Waals surface area contributed by atoms with Crippen molar-refractivity contribution in [1.29, 1.82) is 0 Å². The number of hydrogen-bond acceptors (Lipinski definition) is 7. The topological polar surface area (TPSA) is 231 Å². The van der Waals surface area contributed by atoms with Crippen LogP contribution >= 0.6 is 0 Å². The zero-order chi connectivity index (χ0) is 23.4. The van der Waals surface area contributed by atoms with Gasteiger partial charge in [-0.15, -0.1) is 0 Å². The van der Waals surface area contributed by atoms with Crippen molar-refractivity contribution in [1.82, 2.24) is 16.0 Å². The van der Waals surface area contributed by atoms with Crippen LogP contribution in [0.4, 0.5) is 0 Å². The Labute approximate surface area is 172 Å². The quantitative estimate of drug-likeness (QED) is 0.151. The molecule has 0 aliphatic heterocycles. The number of hydrogen-bond donors (Lipinski definition) is 7. The number of carboxylic acid groups (broad SMARTS) is 2. The third-order valence-electron chi connectivity index (χ3n) is 4.26. The van der Waals surface area contributed by atoms with Crippen LogP contribution in [0.5, 0.6) is 0 Å². The van der Waals surface area contributed by atoms with E-state index in [1.165, 1.54) is 0 Å². The molecule has 0 saturated carbocycles. The summed E-state index contributed by atoms with van der Waals surface area (Å²) >= 11 is 0. The fourth-order valence-corrected chi connectivity index (χ4v) is 2.32. The first-order valence-corrected chi connectivity index (χ1v) is 9.24. The number of rotatable bonds is 14. The Bertz CT molecular complexity index is 669. The minimum absolute atomic E-state index is 0.188. The molecule has 0 aromatic rings. The Balaban J connectivity index is 5.03. The molecule has 0 aliphatic carbocycles. The molecule has 13 heteroatoms. The van der Waals surface area contributed by atoms with Crippen molar-refractivity contribution in [2.24, 2.45) is 17.4 Å². The molecule has 0 aromatic heterocycles. The molecule has 4 unspecified atom stereocenters. The summed E-state index contributed by atoms with van der Waals surface area (Å²) in [7, 11) is 0. The average Bonchev–Trinajstić information content (AvgIpc) is 2.65. The van der Waals surface area contributed by atoms with E-state index in [9.17, 15) is 33.9 Å². The van der Waals surface area contributed by atoms with Crippen LogP contribution in [0.2, 0.25) is 0 Å². The first-order chi connectivity index (χ1) is 13.9. The molecule has 30 heavy (non-hydrogen) atoms. The molecular formula is C17H29N5O8. The Kier molecular flexibility index (Phi) is 11.7. The first-order valence-electron chi connectivity index (χ1n) is 9.24. The lowest BCUT2D eigenvalue weighted by molar-refractivity contribution is -0.144. The van der Waals surface area contributed by atoms with Gasteiger partial charge in [-0.25, -0.2) is 4.79 Å². The standard InChI is InChI=1S/C17H29N5O8/c1-3-8(2)14(17(29)30)22-16(28)10(4-5-11(19)23)21-12(24)7-20-15(27)9(18)6-13(25)26/h8-10,14H,3-7,18H2,1-2H3,(H2,19,23)(H,20,27)(H,21,24)(H,22,28)(H,25,26)(H,29,30). The maximum Gasteiger partial charge on any atom is 0.326 e. The minimum atomic E-state index is -1.36. The lowest BCUT2D eigenvalue weighted by Gasteiger charge is -2.24. The Morgan fingerprint density at radius 3 is 2.07 bits per heavy atom. The van der Waals surface area contributed by atoms with E-state index in [-0.39, 0.29) is 12.8 Å². The Hall–Kier alpha value is -3.22. The van der Waals surface area contributed by atoms with Gasteiger partial charge in [0.05, 0.1) is 19.0 Å². The predicted molar refractivity (Wildman–Crippen MR) is 103 cm³/mol. The van der Waals surface area contributed by atoms with Gasteiger partial charge in [0.15, 0.2) is 0 Å². The lowest BCUT2D eigenvalue weighted by Crippen LogP contribution is -2.55. The van der Waals surface area contributed by atoms with E-state index in [4.69, 9.17) is 16.6 Å². The van der Waals surface area contributed by atoms with Crippen molar-refractivity contribution in [3.05, 3.63) is 0 Å². The van der Waals surface area contributed by atoms with Crippen LogP contribution in [0, 0.1) is 5.92 Å². The van der Waals surface area contributed by atoms with Crippen LogP contribution in [0.1, 0.15) is 39.5 Å². The molecule has 0 aromatic carbocycles. The van der Waals surface area contributed by atoms with E-state index < -0.39 is 72.6 Å². The van der Waals surface area contributed by atoms with Gasteiger partial charge in [0.2, 0.25) is 23.6 Å². The van der Waals surface area contributed by atoms with Crippen molar-refractivity contribution < 1.29 is 39.0 Å². The first kappa shape index (κ1) is 26.8. The number of nitrogens with one attached hydrogen (secondary N) is 3. The summed E-state index contributed by atoms with van der Waals surface area (Å²) in [5.74, 6) is -6.21. The summed E-state index contributed by atoms with van der Waals surface area (Å²) in [5.41, 5.74) is 10.4. The molecule has 13 nitrogen and oxygen atoms in total. The zero-order valence-corrected chi connectivity index (χ0v) is 16.8. The summed E-state index contributed by atoms with van der Waals surface area (Å²) in [5, 5.41) is 24.6. The van der Waals surface area contributed by atoms with Crippen molar-refractivity contribution in [2.45, 2.75) is 57.7 Å². The third kappa shape index (κ3) is 10.4. The predicted octanol–water partition coefficient (Wildman–Crippen LogP) is -2.73. The number of nitrogens with two attached hydrogens (primary N) is 2. The second kappa shape index (κ2) is 13.1. The van der Waals surface area contributed by atoms with Gasteiger partial charge in [-0.3, -0.25) is 24.0 Å². The second-order valence-electron chi connectivity index (χ2n) is 6.76. The van der Waals surface area contributed by atoms with Crippen LogP contribution in [0.3, 0.4) is 0 Å². The molecule has 170 valence electrons. The molecule has 0 aliphatic rings. The van der Waals surface area contributed by atoms with Crippen LogP contribution in [0.15, 0.2) is 0 Å². The zero-order valence-electron chi connectivity index (χ0n) is 16.8. The summed E-state index contributed by atoms with van der Waals surface area (Å²) in [6.07, 6.45) is -0.608. The summed E-state index contributed by atoms with van der Waals surface area (Å²) in [6, 6.07) is -3.85. The molecule has 0 heterocycles. The van der Waals surface area contributed by atoms with Crippen molar-refractivity contribution in [2.75, 3.05) is 6.54 Å². The van der Waals surface area contributed by atoms with Crippen molar-refractivity contribution in [3.63, 3.8) is 0 Å². The smallest absolute Gasteiger partial charge is 0.326 e. The van der Waals surface area contributed by atoms with E-state index >= 15 is 0 Å². The number of primary amides is 1. The monoisotopic (exact) mass is 431 g/mol.